The van der Waals surface area contributed by atoms with Gasteiger partial charge in [-0.25, -0.2) is 18.6 Å². The molecule has 2 aromatic carbocycles. The summed E-state index contributed by atoms with van der Waals surface area (Å²) in [5.41, 5.74) is 1.68. The van der Waals surface area contributed by atoms with E-state index < -0.39 is 24.0 Å². The maximum Gasteiger partial charge on any atom is 0.321 e. The lowest BCUT2D eigenvalue weighted by Crippen LogP contribution is -2.50. The minimum atomic E-state index is -0.548. The van der Waals surface area contributed by atoms with Crippen molar-refractivity contribution < 1.29 is 31.1 Å². The van der Waals surface area contributed by atoms with Crippen molar-refractivity contribution in [1.29, 1.82) is 0 Å². The number of benzene rings is 2. The fraction of sp³-hybridized carbons (Fsp3) is 0.300. The summed E-state index contributed by atoms with van der Waals surface area (Å²) in [7, 11) is 1.61. The van der Waals surface area contributed by atoms with Gasteiger partial charge in [-0.3, -0.25) is 4.79 Å². The van der Waals surface area contributed by atoms with E-state index in [1.54, 1.807) is 37.1 Å². The molecule has 0 unspecified atom stereocenters. The third kappa shape index (κ3) is 6.93. The number of fused-ring (bicyclic) bond motifs is 1. The number of pyridine rings is 1. The number of halogens is 2. The number of urea groups is 1. The summed E-state index contributed by atoms with van der Waals surface area (Å²) in [6, 6.07) is 11.9. The first-order valence-electron chi connectivity index (χ1n) is 12.8. The van der Waals surface area contributed by atoms with Gasteiger partial charge in [0, 0.05) is 45.4 Å². The highest BCUT2D eigenvalue weighted by molar-refractivity contribution is 5.97. The van der Waals surface area contributed by atoms with E-state index >= 15 is 0 Å². The van der Waals surface area contributed by atoms with Crippen LogP contribution in [0, 0.1) is 29.4 Å². The average Bonchev–Trinajstić information content (AvgIpc) is 2.95. The quantitative estimate of drug-likeness (QED) is 0.450. The molecular weight excluding hydrogens is 518 g/mol. The molecule has 1 aliphatic rings. The number of ether oxygens (including phenoxy) is 1. The molecule has 2 N–H and O–H groups in total. The zero-order valence-electron chi connectivity index (χ0n) is 22.4. The molecule has 10 heteroatoms. The molecule has 4 rings (SSSR count). The van der Waals surface area contributed by atoms with Crippen LogP contribution in [0.1, 0.15) is 38.2 Å². The fourth-order valence-electron chi connectivity index (χ4n) is 4.17. The normalized spacial score (nSPS) is 17.4. The number of amides is 3. The molecule has 0 aliphatic carbocycles. The number of carbonyl (C=O) groups is 2. The van der Waals surface area contributed by atoms with Gasteiger partial charge in [-0.05, 0) is 61.5 Å². The summed E-state index contributed by atoms with van der Waals surface area (Å²) in [5, 5.41) is 12.6. The molecule has 3 aromatic rings. The first-order chi connectivity index (χ1) is 19.1. The summed E-state index contributed by atoms with van der Waals surface area (Å²) in [6.45, 7) is 3.83. The van der Waals surface area contributed by atoms with Gasteiger partial charge in [0.1, 0.15) is 23.3 Å². The highest BCUT2D eigenvalue weighted by Crippen LogP contribution is 2.27. The van der Waals surface area contributed by atoms with Gasteiger partial charge in [-0.15, -0.1) is 0 Å². The highest BCUT2D eigenvalue weighted by atomic mass is 19.1. The summed E-state index contributed by atoms with van der Waals surface area (Å²) < 4.78 is 32.6. The van der Waals surface area contributed by atoms with Crippen molar-refractivity contribution in [3.63, 3.8) is 0 Å². The summed E-state index contributed by atoms with van der Waals surface area (Å²) >= 11 is 0. The van der Waals surface area contributed by atoms with Crippen LogP contribution in [0.15, 0.2) is 60.8 Å². The third-order valence-electron chi connectivity index (χ3n) is 6.61. The van der Waals surface area contributed by atoms with Crippen LogP contribution in [0.2, 0.25) is 0 Å². The van der Waals surface area contributed by atoms with Crippen molar-refractivity contribution in [2.75, 3.05) is 32.1 Å². The van der Waals surface area contributed by atoms with Gasteiger partial charge in [0.15, 0.2) is 0 Å². The monoisotopic (exact) mass is 552 g/mol. The molecule has 0 radical (unpaired) electrons. The van der Waals surface area contributed by atoms with Crippen molar-refractivity contribution >= 4 is 17.6 Å². The van der Waals surface area contributed by atoms with Crippen LogP contribution in [-0.4, -0.2) is 70.7 Å². The maximum atomic E-state index is 13.6. The lowest BCUT2D eigenvalue weighted by molar-refractivity contribution is 0.0356. The third-order valence-corrected chi connectivity index (χ3v) is 6.61. The largest absolute Gasteiger partial charge is 0.472 e. The van der Waals surface area contributed by atoms with E-state index in [1.807, 2.05) is 6.92 Å². The second-order valence-electron chi connectivity index (χ2n) is 9.77. The van der Waals surface area contributed by atoms with Crippen LogP contribution in [0.3, 0.4) is 0 Å². The van der Waals surface area contributed by atoms with Gasteiger partial charge in [-0.2, -0.15) is 0 Å². The first-order valence-corrected chi connectivity index (χ1v) is 12.8. The van der Waals surface area contributed by atoms with Gasteiger partial charge in [0.25, 0.3) is 5.91 Å². The molecule has 1 aromatic heterocycles. The van der Waals surface area contributed by atoms with E-state index in [2.05, 4.69) is 22.1 Å². The molecule has 0 saturated carbocycles. The minimum Gasteiger partial charge on any atom is -0.472 e. The van der Waals surface area contributed by atoms with E-state index in [1.165, 1.54) is 47.5 Å². The number of anilines is 1. The van der Waals surface area contributed by atoms with Crippen LogP contribution in [0.25, 0.3) is 0 Å². The molecule has 8 nitrogen and oxygen atoms in total. The number of nitrogens with zero attached hydrogens (tertiary/aromatic N) is 3. The van der Waals surface area contributed by atoms with Crippen molar-refractivity contribution in [1.82, 2.24) is 14.8 Å². The van der Waals surface area contributed by atoms with Gasteiger partial charge in [-0.1, -0.05) is 18.8 Å². The van der Waals surface area contributed by atoms with Crippen LogP contribution in [0.5, 0.6) is 5.88 Å². The Balaban J connectivity index is 0.00000308. The SMILES string of the molecule is C[C@H]1CN([C@@H](C)CO)C(=O)c2cc(C#Cc3ccc(F)cc3)cnc2O[C@@H]1CN(C)C(=O)Nc1ccc(F)cc1.[HH].[HH]. The van der Waals surface area contributed by atoms with E-state index in [0.29, 0.717) is 16.8 Å². The first kappa shape index (κ1) is 28.5. The molecule has 3 amide bonds. The van der Waals surface area contributed by atoms with Gasteiger partial charge >= 0.3 is 6.03 Å². The van der Waals surface area contributed by atoms with Crippen molar-refractivity contribution in [3.8, 4) is 17.7 Å². The predicted octanol–water partition coefficient (Wildman–Crippen LogP) is 4.64. The Bertz CT molecular complexity index is 1430. The molecule has 1 aliphatic heterocycles. The number of aromatic nitrogens is 1. The van der Waals surface area contributed by atoms with Crippen LogP contribution in [0.4, 0.5) is 19.3 Å². The zero-order chi connectivity index (χ0) is 28.8. The van der Waals surface area contributed by atoms with Crippen molar-refractivity contribution in [2.45, 2.75) is 26.0 Å². The van der Waals surface area contributed by atoms with Crippen molar-refractivity contribution in [2.24, 2.45) is 5.92 Å². The van der Waals surface area contributed by atoms with Crippen molar-refractivity contribution in [3.05, 3.63) is 89.1 Å². The van der Waals surface area contributed by atoms with Gasteiger partial charge in [0.05, 0.1) is 19.2 Å². The smallest absolute Gasteiger partial charge is 0.321 e. The number of hydrogen-bond acceptors (Lipinski definition) is 5. The predicted molar refractivity (Wildman–Crippen MR) is 150 cm³/mol. The Hall–Kier alpha value is -4.49. The Morgan fingerprint density at radius 1 is 1.18 bits per heavy atom. The Kier molecular flexibility index (Phi) is 8.97. The minimum absolute atomic E-state index is 0. The topological polar surface area (TPSA) is 95.0 Å². The van der Waals surface area contributed by atoms with E-state index in [9.17, 15) is 23.5 Å². The summed E-state index contributed by atoms with van der Waals surface area (Å²) in [6.07, 6.45) is 0.935. The summed E-state index contributed by atoms with van der Waals surface area (Å²) in [5.74, 6) is 4.60. The molecule has 3 atom stereocenters. The Morgan fingerprint density at radius 3 is 2.45 bits per heavy atom. The molecule has 0 bridgehead atoms. The van der Waals surface area contributed by atoms with Crippen LogP contribution in [-0.2, 0) is 0 Å². The molecular formula is C30H34F2N4O4. The van der Waals surface area contributed by atoms with E-state index in [-0.39, 0.29) is 51.6 Å². The number of aliphatic hydroxyl groups excluding tert-OH is 1. The standard InChI is InChI=1S/C30H30F2N4O4.2H2/c1-19-16-36(20(2)18-37)29(38)26-14-22(5-4-21-6-8-23(31)9-7-21)15-33-28(26)40-27(19)17-35(3)30(39)34-25-12-10-24(32)11-13-25;;/h6-15,19-20,27,37H,16-18H2,1-3H3,(H,34,39);2*1H/t19-,20-,27+;;/m0../s1. The number of carbonyl (C=O) groups excluding carboxylic acids is 2. The number of hydrogen-bond donors (Lipinski definition) is 2. The Morgan fingerprint density at radius 2 is 1.80 bits per heavy atom. The molecule has 2 heterocycles. The number of rotatable bonds is 5. The number of likely N-dealkylation sites (N-methyl/N-ethyl adjacent to an activating group) is 1. The Labute approximate surface area is 234 Å². The lowest BCUT2D eigenvalue weighted by atomic mass is 10.00. The van der Waals surface area contributed by atoms with Crippen LogP contribution >= 0.6 is 0 Å². The zero-order valence-corrected chi connectivity index (χ0v) is 22.4. The highest BCUT2D eigenvalue weighted by Gasteiger charge is 2.34. The van der Waals surface area contributed by atoms with E-state index in [4.69, 9.17) is 4.74 Å². The van der Waals surface area contributed by atoms with Gasteiger partial charge in [0.2, 0.25) is 5.88 Å². The number of nitrogens with one attached hydrogen (secondary N) is 1. The fourth-order valence-corrected chi connectivity index (χ4v) is 4.17. The molecule has 0 fully saturated rings. The average molecular weight is 553 g/mol. The second-order valence-corrected chi connectivity index (χ2v) is 9.77. The van der Waals surface area contributed by atoms with Gasteiger partial charge < -0.3 is 25.0 Å². The maximum absolute atomic E-state index is 13.6. The lowest BCUT2D eigenvalue weighted by Gasteiger charge is -2.37. The molecule has 0 saturated heterocycles. The molecule has 40 heavy (non-hydrogen) atoms. The number of aliphatic hydroxyl groups is 1. The second kappa shape index (κ2) is 12.6. The summed E-state index contributed by atoms with van der Waals surface area (Å²) in [4.78, 5) is 33.8. The van der Waals surface area contributed by atoms with E-state index in [0.717, 1.165) is 0 Å². The molecule has 0 spiro atoms. The molecule has 212 valence electrons. The van der Waals surface area contributed by atoms with Crippen LogP contribution < -0.4 is 10.1 Å².